The highest BCUT2D eigenvalue weighted by molar-refractivity contribution is 9.10. The van der Waals surface area contributed by atoms with Crippen LogP contribution in [0.25, 0.3) is 0 Å². The van der Waals surface area contributed by atoms with Gasteiger partial charge in [-0.25, -0.2) is 0 Å². The lowest BCUT2D eigenvalue weighted by Gasteiger charge is -2.61. The van der Waals surface area contributed by atoms with Crippen LogP contribution in [0.1, 0.15) is 37.7 Å². The highest BCUT2D eigenvalue weighted by Crippen LogP contribution is 2.64. The van der Waals surface area contributed by atoms with E-state index in [4.69, 9.17) is 0 Å². The maximum Gasteiger partial charge on any atom is 0.0528 e. The number of hydrogen-bond acceptors (Lipinski definition) is 1. The second-order valence-corrected chi connectivity index (χ2v) is 6.57. The Labute approximate surface area is 105 Å². The van der Waals surface area contributed by atoms with Gasteiger partial charge in [0, 0.05) is 9.89 Å². The summed E-state index contributed by atoms with van der Waals surface area (Å²) in [5, 5.41) is 9.70. The van der Waals surface area contributed by atoms with Crippen LogP contribution in [0.15, 0.2) is 28.7 Å². The summed E-state index contributed by atoms with van der Waals surface area (Å²) in [7, 11) is 0. The lowest BCUT2D eigenvalue weighted by molar-refractivity contribution is -0.0719. The quantitative estimate of drug-likeness (QED) is 0.877. The smallest absolute Gasteiger partial charge is 0.0528 e. The van der Waals surface area contributed by atoms with Crippen molar-refractivity contribution >= 4 is 15.9 Å². The number of halogens is 1. The first kappa shape index (κ1) is 10.8. The molecule has 2 aliphatic rings. The molecule has 0 amide bonds. The van der Waals surface area contributed by atoms with E-state index in [0.717, 1.165) is 4.47 Å². The second-order valence-electron chi connectivity index (χ2n) is 5.65. The maximum atomic E-state index is 9.70. The van der Waals surface area contributed by atoms with Crippen molar-refractivity contribution in [1.29, 1.82) is 0 Å². The Morgan fingerprint density at radius 2 is 1.75 bits per heavy atom. The van der Waals surface area contributed by atoms with Gasteiger partial charge in [-0.05, 0) is 48.8 Å². The molecule has 0 radical (unpaired) electrons. The second kappa shape index (κ2) is 3.58. The van der Waals surface area contributed by atoms with Gasteiger partial charge in [-0.15, -0.1) is 0 Å². The molecule has 1 spiro atoms. The van der Waals surface area contributed by atoms with Gasteiger partial charge in [-0.1, -0.05) is 34.5 Å². The molecule has 2 aliphatic carbocycles. The van der Waals surface area contributed by atoms with Gasteiger partial charge in [-0.2, -0.15) is 0 Å². The van der Waals surface area contributed by atoms with Crippen LogP contribution in [0, 0.1) is 5.41 Å². The fourth-order valence-corrected chi connectivity index (χ4v) is 3.89. The normalized spacial score (nSPS) is 24.9. The number of benzene rings is 1. The lowest BCUT2D eigenvalue weighted by Crippen LogP contribution is -2.55. The molecule has 1 nitrogen and oxygen atoms in total. The molecule has 2 fully saturated rings. The molecule has 2 heteroatoms. The maximum absolute atomic E-state index is 9.70. The number of hydrogen-bond donors (Lipinski definition) is 1. The third-order valence-corrected chi connectivity index (χ3v) is 5.13. The van der Waals surface area contributed by atoms with E-state index in [1.165, 1.54) is 37.7 Å². The Bertz CT molecular complexity index is 384. The fraction of sp³-hybridized carbons (Fsp3) is 0.571. The van der Waals surface area contributed by atoms with Gasteiger partial charge in [0.25, 0.3) is 0 Å². The van der Waals surface area contributed by atoms with Gasteiger partial charge >= 0.3 is 0 Å². The molecule has 1 aromatic rings. The zero-order valence-corrected chi connectivity index (χ0v) is 11.0. The van der Waals surface area contributed by atoms with Crippen LogP contribution in [-0.4, -0.2) is 11.7 Å². The summed E-state index contributed by atoms with van der Waals surface area (Å²) in [5.41, 5.74) is 1.99. The summed E-state index contributed by atoms with van der Waals surface area (Å²) in [6.45, 7) is 0.302. The number of rotatable bonds is 2. The minimum Gasteiger partial charge on any atom is -0.395 e. The molecule has 1 N–H and O–H groups in total. The summed E-state index contributed by atoms with van der Waals surface area (Å²) >= 11 is 3.46. The molecular formula is C14H17BrO. The largest absolute Gasteiger partial charge is 0.395 e. The van der Waals surface area contributed by atoms with E-state index in [2.05, 4.69) is 40.2 Å². The summed E-state index contributed by atoms with van der Waals surface area (Å²) in [5.74, 6) is 0. The van der Waals surface area contributed by atoms with E-state index < -0.39 is 0 Å². The van der Waals surface area contributed by atoms with Crippen LogP contribution in [0.5, 0.6) is 0 Å². The molecule has 0 bridgehead atoms. The first-order chi connectivity index (χ1) is 7.68. The topological polar surface area (TPSA) is 20.2 Å². The Morgan fingerprint density at radius 3 is 2.19 bits per heavy atom. The first-order valence-corrected chi connectivity index (χ1v) is 6.84. The summed E-state index contributed by atoms with van der Waals surface area (Å²) in [6, 6.07) is 8.48. The van der Waals surface area contributed by atoms with Crippen LogP contribution in [0.4, 0.5) is 0 Å². The van der Waals surface area contributed by atoms with Crippen LogP contribution in [0.3, 0.4) is 0 Å². The molecule has 0 aromatic heterocycles. The van der Waals surface area contributed by atoms with Crippen molar-refractivity contribution in [3.63, 3.8) is 0 Å². The van der Waals surface area contributed by atoms with E-state index in [9.17, 15) is 5.11 Å². The summed E-state index contributed by atoms with van der Waals surface area (Å²) < 4.78 is 1.11. The highest BCUT2D eigenvalue weighted by Gasteiger charge is 2.57. The Hall–Kier alpha value is -0.340. The Kier molecular flexibility index (Phi) is 2.41. The average molecular weight is 281 g/mol. The first-order valence-electron chi connectivity index (χ1n) is 6.05. The third-order valence-electron chi connectivity index (χ3n) is 4.60. The minimum atomic E-state index is 0.0706. The predicted octanol–water partition coefficient (Wildman–Crippen LogP) is 3.64. The van der Waals surface area contributed by atoms with E-state index in [1.807, 2.05) is 0 Å². The third kappa shape index (κ3) is 1.46. The van der Waals surface area contributed by atoms with Gasteiger partial charge in [0.05, 0.1) is 6.61 Å². The van der Waals surface area contributed by atoms with E-state index in [0.29, 0.717) is 12.0 Å². The molecule has 0 atom stereocenters. The van der Waals surface area contributed by atoms with Gasteiger partial charge in [-0.3, -0.25) is 0 Å². The van der Waals surface area contributed by atoms with E-state index >= 15 is 0 Å². The number of aliphatic hydroxyl groups excluding tert-OH is 1. The molecule has 0 heterocycles. The summed E-state index contributed by atoms with van der Waals surface area (Å²) in [4.78, 5) is 0. The Morgan fingerprint density at radius 1 is 1.12 bits per heavy atom. The molecule has 16 heavy (non-hydrogen) atoms. The average Bonchev–Trinajstić information content (AvgIpc) is 2.17. The van der Waals surface area contributed by atoms with Gasteiger partial charge in [0.2, 0.25) is 0 Å². The molecule has 0 aliphatic heterocycles. The van der Waals surface area contributed by atoms with Crippen molar-refractivity contribution in [2.75, 3.05) is 6.61 Å². The standard InChI is InChI=1S/C14H17BrO/c15-12-4-2-11(3-5-12)14(10-16)8-13(9-14)6-1-7-13/h2-5,16H,1,6-10H2. The van der Waals surface area contributed by atoms with Crippen LogP contribution >= 0.6 is 15.9 Å². The van der Waals surface area contributed by atoms with Crippen molar-refractivity contribution in [2.45, 2.75) is 37.5 Å². The zero-order valence-electron chi connectivity index (χ0n) is 9.38. The highest BCUT2D eigenvalue weighted by atomic mass is 79.9. The van der Waals surface area contributed by atoms with Crippen LogP contribution in [0.2, 0.25) is 0 Å². The van der Waals surface area contributed by atoms with Crippen LogP contribution in [-0.2, 0) is 5.41 Å². The van der Waals surface area contributed by atoms with Gasteiger partial charge in [0.1, 0.15) is 0 Å². The SMILES string of the molecule is OCC1(c2ccc(Br)cc2)CC2(CCC2)C1. The van der Waals surface area contributed by atoms with Crippen molar-refractivity contribution in [3.8, 4) is 0 Å². The Balaban J connectivity index is 1.84. The van der Waals surface area contributed by atoms with Crippen molar-refractivity contribution in [3.05, 3.63) is 34.3 Å². The summed E-state index contributed by atoms with van der Waals surface area (Å²) in [6.07, 6.45) is 6.54. The lowest BCUT2D eigenvalue weighted by atomic mass is 9.44. The predicted molar refractivity (Wildman–Crippen MR) is 68.4 cm³/mol. The molecule has 3 rings (SSSR count). The van der Waals surface area contributed by atoms with E-state index in [1.54, 1.807) is 0 Å². The monoisotopic (exact) mass is 280 g/mol. The van der Waals surface area contributed by atoms with Crippen LogP contribution < -0.4 is 0 Å². The van der Waals surface area contributed by atoms with Gasteiger partial charge < -0.3 is 5.11 Å². The van der Waals surface area contributed by atoms with Crippen molar-refractivity contribution < 1.29 is 5.11 Å². The van der Waals surface area contributed by atoms with E-state index in [-0.39, 0.29) is 5.41 Å². The molecule has 1 aromatic carbocycles. The molecular weight excluding hydrogens is 264 g/mol. The molecule has 0 unspecified atom stereocenters. The number of aliphatic hydroxyl groups is 1. The van der Waals surface area contributed by atoms with Crippen molar-refractivity contribution in [1.82, 2.24) is 0 Å². The molecule has 0 saturated heterocycles. The minimum absolute atomic E-state index is 0.0706. The molecule has 86 valence electrons. The zero-order chi connectivity index (χ0) is 11.2. The van der Waals surface area contributed by atoms with Gasteiger partial charge in [0.15, 0.2) is 0 Å². The molecule has 2 saturated carbocycles. The fourth-order valence-electron chi connectivity index (χ4n) is 3.62. The van der Waals surface area contributed by atoms with Crippen molar-refractivity contribution in [2.24, 2.45) is 5.41 Å².